The van der Waals surface area contributed by atoms with Crippen LogP contribution < -0.4 is 4.74 Å². The van der Waals surface area contributed by atoms with Gasteiger partial charge in [-0.3, -0.25) is 19.3 Å². The van der Waals surface area contributed by atoms with Gasteiger partial charge in [0.15, 0.2) is 0 Å². The number of amides is 2. The van der Waals surface area contributed by atoms with Crippen LogP contribution in [0.5, 0.6) is 5.75 Å². The summed E-state index contributed by atoms with van der Waals surface area (Å²) in [6.45, 7) is 3.34. The average molecular weight is 540 g/mol. The summed E-state index contributed by atoms with van der Waals surface area (Å²) in [5.41, 5.74) is 1.68. The van der Waals surface area contributed by atoms with Crippen molar-refractivity contribution in [3.8, 4) is 5.75 Å². The van der Waals surface area contributed by atoms with Crippen molar-refractivity contribution >= 4 is 61.7 Å². The summed E-state index contributed by atoms with van der Waals surface area (Å²) in [4.78, 5) is 38.3. The van der Waals surface area contributed by atoms with Gasteiger partial charge in [0.25, 0.3) is 11.1 Å². The summed E-state index contributed by atoms with van der Waals surface area (Å²) in [6.07, 6.45) is 1.29. The first-order valence-corrected chi connectivity index (χ1v) is 12.3. The maximum atomic E-state index is 12.8. The zero-order chi connectivity index (χ0) is 24.2. The molecule has 0 radical (unpaired) electrons. The monoisotopic (exact) mass is 539 g/mol. The molecule has 4 rings (SSSR count). The van der Waals surface area contributed by atoms with Crippen LogP contribution in [0.1, 0.15) is 25.0 Å². The van der Waals surface area contributed by atoms with Crippen LogP contribution in [0, 0.1) is 0 Å². The molecule has 3 aromatic rings. The number of rotatable bonds is 7. The van der Waals surface area contributed by atoms with Crippen LogP contribution in [0.4, 0.5) is 4.79 Å². The SMILES string of the molecule is CC(C)OC(=O)CN1C(=O)S/C(=C\c2cc(Br)ccc2OCc2cccc3ccccc23)C1=O. The third-order valence-electron chi connectivity index (χ3n) is 5.05. The Bertz CT molecular complexity index is 1300. The zero-order valence-electron chi connectivity index (χ0n) is 18.6. The lowest BCUT2D eigenvalue weighted by Crippen LogP contribution is -2.35. The van der Waals surface area contributed by atoms with E-state index in [4.69, 9.17) is 9.47 Å². The van der Waals surface area contributed by atoms with Crippen molar-refractivity contribution < 1.29 is 23.9 Å². The van der Waals surface area contributed by atoms with E-state index in [1.807, 2.05) is 42.5 Å². The highest BCUT2D eigenvalue weighted by atomic mass is 79.9. The fourth-order valence-electron chi connectivity index (χ4n) is 3.54. The lowest BCUT2D eigenvalue weighted by molar-refractivity contribution is -0.149. The Balaban J connectivity index is 1.56. The number of carbonyl (C=O) groups excluding carboxylic acids is 3. The van der Waals surface area contributed by atoms with E-state index in [1.54, 1.807) is 19.9 Å². The van der Waals surface area contributed by atoms with E-state index < -0.39 is 23.7 Å². The topological polar surface area (TPSA) is 72.9 Å². The van der Waals surface area contributed by atoms with Gasteiger partial charge in [-0.2, -0.15) is 0 Å². The molecule has 1 aliphatic heterocycles. The van der Waals surface area contributed by atoms with Crippen molar-refractivity contribution in [3.05, 3.63) is 81.2 Å². The zero-order valence-corrected chi connectivity index (χ0v) is 21.0. The van der Waals surface area contributed by atoms with E-state index in [0.29, 0.717) is 17.9 Å². The maximum Gasteiger partial charge on any atom is 0.326 e. The van der Waals surface area contributed by atoms with Gasteiger partial charge >= 0.3 is 5.97 Å². The van der Waals surface area contributed by atoms with Gasteiger partial charge in [-0.1, -0.05) is 58.4 Å². The highest BCUT2D eigenvalue weighted by Crippen LogP contribution is 2.35. The number of nitrogens with zero attached hydrogens (tertiary/aromatic N) is 1. The van der Waals surface area contributed by atoms with Gasteiger partial charge < -0.3 is 9.47 Å². The number of hydrogen-bond acceptors (Lipinski definition) is 6. The molecule has 0 atom stereocenters. The van der Waals surface area contributed by atoms with Gasteiger partial charge in [-0.05, 0) is 66.2 Å². The Morgan fingerprint density at radius 2 is 1.85 bits per heavy atom. The van der Waals surface area contributed by atoms with Crippen LogP contribution in [0.15, 0.2) is 70.0 Å². The third kappa shape index (κ3) is 5.51. The largest absolute Gasteiger partial charge is 0.488 e. The molecular formula is C26H22BrNO5S. The molecule has 0 saturated carbocycles. The number of imide groups is 1. The molecule has 174 valence electrons. The Kier molecular flexibility index (Phi) is 7.38. The van der Waals surface area contributed by atoms with Crippen molar-refractivity contribution in [3.63, 3.8) is 0 Å². The Hall–Kier alpha value is -3.10. The summed E-state index contributed by atoms with van der Waals surface area (Å²) in [7, 11) is 0. The molecule has 0 aromatic heterocycles. The number of carbonyl (C=O) groups is 3. The number of thioether (sulfide) groups is 1. The summed E-state index contributed by atoms with van der Waals surface area (Å²) < 4.78 is 12.0. The quantitative estimate of drug-likeness (QED) is 0.264. The minimum atomic E-state index is -0.625. The third-order valence-corrected chi connectivity index (χ3v) is 6.45. The summed E-state index contributed by atoms with van der Waals surface area (Å²) in [6, 6.07) is 19.6. The highest BCUT2D eigenvalue weighted by Gasteiger charge is 2.37. The number of benzene rings is 3. The molecular weight excluding hydrogens is 518 g/mol. The molecule has 6 nitrogen and oxygen atoms in total. The first kappa shape index (κ1) is 24.0. The van der Waals surface area contributed by atoms with Crippen molar-refractivity contribution in [2.45, 2.75) is 26.6 Å². The minimum Gasteiger partial charge on any atom is -0.488 e. The van der Waals surface area contributed by atoms with E-state index in [2.05, 4.69) is 34.1 Å². The lowest BCUT2D eigenvalue weighted by atomic mass is 10.1. The van der Waals surface area contributed by atoms with Gasteiger partial charge in [0.1, 0.15) is 18.9 Å². The number of ether oxygens (including phenoxy) is 2. The second-order valence-electron chi connectivity index (χ2n) is 7.92. The number of halogens is 1. The number of hydrogen-bond donors (Lipinski definition) is 0. The van der Waals surface area contributed by atoms with Crippen molar-refractivity contribution in [2.75, 3.05) is 6.54 Å². The van der Waals surface area contributed by atoms with E-state index in [0.717, 1.165) is 37.5 Å². The van der Waals surface area contributed by atoms with Gasteiger partial charge in [-0.25, -0.2) is 0 Å². The molecule has 8 heteroatoms. The average Bonchev–Trinajstić information content (AvgIpc) is 3.05. The van der Waals surface area contributed by atoms with E-state index in [-0.39, 0.29) is 11.0 Å². The Morgan fingerprint density at radius 3 is 2.65 bits per heavy atom. The van der Waals surface area contributed by atoms with Crippen molar-refractivity contribution in [1.29, 1.82) is 0 Å². The molecule has 2 amide bonds. The van der Waals surface area contributed by atoms with Crippen LogP contribution in [-0.4, -0.2) is 34.7 Å². The molecule has 0 spiro atoms. The van der Waals surface area contributed by atoms with Gasteiger partial charge in [0.2, 0.25) is 0 Å². The molecule has 1 fully saturated rings. The molecule has 0 aliphatic carbocycles. The Labute approximate surface area is 210 Å². The van der Waals surface area contributed by atoms with Crippen molar-refractivity contribution in [2.24, 2.45) is 0 Å². The van der Waals surface area contributed by atoms with Gasteiger partial charge in [0.05, 0.1) is 11.0 Å². The molecule has 3 aromatic carbocycles. The molecule has 0 unspecified atom stereocenters. The molecule has 1 saturated heterocycles. The molecule has 1 heterocycles. The molecule has 0 bridgehead atoms. The van der Waals surface area contributed by atoms with Crippen LogP contribution in [-0.2, 0) is 20.9 Å². The predicted molar refractivity (Wildman–Crippen MR) is 136 cm³/mol. The van der Waals surface area contributed by atoms with Gasteiger partial charge in [-0.15, -0.1) is 0 Å². The fourth-order valence-corrected chi connectivity index (χ4v) is 4.75. The van der Waals surface area contributed by atoms with Crippen molar-refractivity contribution in [1.82, 2.24) is 4.90 Å². The summed E-state index contributed by atoms with van der Waals surface area (Å²) in [5, 5.41) is 1.73. The summed E-state index contributed by atoms with van der Waals surface area (Å²) >= 11 is 4.24. The fraction of sp³-hybridized carbons (Fsp3) is 0.192. The van der Waals surface area contributed by atoms with Crippen LogP contribution in [0.3, 0.4) is 0 Å². The standard InChI is InChI=1S/C26H22BrNO5S/c1-16(2)33-24(29)14-28-25(30)23(34-26(28)31)13-19-12-20(27)10-11-22(19)32-15-18-8-5-7-17-6-3-4-9-21(17)18/h3-13,16H,14-15H2,1-2H3/b23-13-. The number of esters is 1. The van der Waals surface area contributed by atoms with Crippen LogP contribution in [0.25, 0.3) is 16.8 Å². The second-order valence-corrected chi connectivity index (χ2v) is 9.82. The second kappa shape index (κ2) is 10.4. The maximum absolute atomic E-state index is 12.8. The van der Waals surface area contributed by atoms with Crippen LogP contribution >= 0.6 is 27.7 Å². The van der Waals surface area contributed by atoms with E-state index >= 15 is 0 Å². The van der Waals surface area contributed by atoms with Gasteiger partial charge in [0, 0.05) is 10.0 Å². The number of fused-ring (bicyclic) bond motifs is 1. The Morgan fingerprint density at radius 1 is 1.09 bits per heavy atom. The van der Waals surface area contributed by atoms with Crippen LogP contribution in [0.2, 0.25) is 0 Å². The predicted octanol–water partition coefficient (Wildman–Crippen LogP) is 6.17. The molecule has 0 N–H and O–H groups in total. The summed E-state index contributed by atoms with van der Waals surface area (Å²) in [5.74, 6) is -0.585. The minimum absolute atomic E-state index is 0.218. The smallest absolute Gasteiger partial charge is 0.326 e. The molecule has 1 aliphatic rings. The normalized spacial score (nSPS) is 14.9. The van der Waals surface area contributed by atoms with E-state index in [9.17, 15) is 14.4 Å². The first-order valence-electron chi connectivity index (χ1n) is 10.7. The highest BCUT2D eigenvalue weighted by molar-refractivity contribution is 9.10. The lowest BCUT2D eigenvalue weighted by Gasteiger charge is -2.13. The first-order chi connectivity index (χ1) is 16.3. The van der Waals surface area contributed by atoms with E-state index in [1.165, 1.54) is 0 Å². The molecule has 34 heavy (non-hydrogen) atoms.